The van der Waals surface area contributed by atoms with Gasteiger partial charge in [0.2, 0.25) is 0 Å². The van der Waals surface area contributed by atoms with Gasteiger partial charge in [-0.2, -0.15) is 0 Å². The van der Waals surface area contributed by atoms with Gasteiger partial charge < -0.3 is 5.11 Å². The molecule has 72 valence electrons. The summed E-state index contributed by atoms with van der Waals surface area (Å²) in [5.74, 6) is -0.309. The van der Waals surface area contributed by atoms with E-state index in [1.165, 1.54) is 0 Å². The van der Waals surface area contributed by atoms with Gasteiger partial charge in [0.15, 0.2) is 5.03 Å². The van der Waals surface area contributed by atoms with Crippen molar-refractivity contribution >= 4 is 10.9 Å². The quantitative estimate of drug-likeness (QED) is 0.552. The number of benzene rings is 1. The molecule has 5 nitrogen and oxygen atoms in total. The van der Waals surface area contributed by atoms with E-state index in [4.69, 9.17) is 0 Å². The Labute approximate surface area is 79.3 Å². The average Bonchev–Trinajstić information content (AvgIpc) is 2.41. The first-order valence-electron chi connectivity index (χ1n) is 4.06. The van der Waals surface area contributed by atoms with Crippen LogP contribution in [0.3, 0.4) is 0 Å². The Morgan fingerprint density at radius 3 is 2.71 bits per heavy atom. The Bertz CT molecular complexity index is 516. The SMILES string of the molecule is Cc1c(O)n([N+](=O)[O-])c2ccccc12. The van der Waals surface area contributed by atoms with E-state index < -0.39 is 5.03 Å². The van der Waals surface area contributed by atoms with E-state index in [1.807, 2.05) is 0 Å². The standard InChI is InChI=1S/C9H8N2O3/c1-6-7-4-2-3-5-8(7)10(9(6)12)11(13)14/h2-5,12H,1H3. The summed E-state index contributed by atoms with van der Waals surface area (Å²) in [6.45, 7) is 1.65. The average molecular weight is 192 g/mol. The third-order valence-electron chi connectivity index (χ3n) is 2.24. The third-order valence-corrected chi connectivity index (χ3v) is 2.24. The summed E-state index contributed by atoms with van der Waals surface area (Å²) in [5.41, 5.74) is 0.935. The van der Waals surface area contributed by atoms with E-state index in [0.29, 0.717) is 21.1 Å². The highest BCUT2D eigenvalue weighted by Crippen LogP contribution is 2.29. The zero-order chi connectivity index (χ0) is 10.3. The van der Waals surface area contributed by atoms with Crippen molar-refractivity contribution in [3.63, 3.8) is 0 Å². The van der Waals surface area contributed by atoms with Crippen molar-refractivity contribution in [3.05, 3.63) is 39.9 Å². The molecule has 0 amide bonds. The van der Waals surface area contributed by atoms with Crippen molar-refractivity contribution in [2.75, 3.05) is 0 Å². The van der Waals surface area contributed by atoms with E-state index in [1.54, 1.807) is 31.2 Å². The first-order chi connectivity index (χ1) is 6.63. The van der Waals surface area contributed by atoms with Crippen molar-refractivity contribution in [1.82, 2.24) is 4.68 Å². The van der Waals surface area contributed by atoms with E-state index in [0.717, 1.165) is 0 Å². The van der Waals surface area contributed by atoms with Crippen molar-refractivity contribution < 1.29 is 10.1 Å². The zero-order valence-electron chi connectivity index (χ0n) is 7.47. The van der Waals surface area contributed by atoms with Crippen LogP contribution in [-0.4, -0.2) is 14.8 Å². The highest BCUT2D eigenvalue weighted by atomic mass is 16.7. The van der Waals surface area contributed by atoms with Crippen LogP contribution >= 0.6 is 0 Å². The minimum Gasteiger partial charge on any atom is -0.490 e. The molecule has 1 aromatic carbocycles. The summed E-state index contributed by atoms with van der Waals surface area (Å²) in [5, 5.41) is 20.2. The molecule has 2 rings (SSSR count). The number of fused-ring (bicyclic) bond motifs is 1. The molecule has 0 spiro atoms. The number of hydrogen-bond acceptors (Lipinski definition) is 3. The molecule has 0 aliphatic carbocycles. The van der Waals surface area contributed by atoms with Crippen LogP contribution in [0.15, 0.2) is 24.3 Å². The minimum atomic E-state index is -0.634. The van der Waals surface area contributed by atoms with Gasteiger partial charge in [0.1, 0.15) is 5.52 Å². The molecular weight excluding hydrogens is 184 g/mol. The molecule has 14 heavy (non-hydrogen) atoms. The van der Waals surface area contributed by atoms with E-state index in [2.05, 4.69) is 0 Å². The summed E-state index contributed by atoms with van der Waals surface area (Å²) in [7, 11) is 0. The van der Waals surface area contributed by atoms with Crippen LogP contribution in [0.25, 0.3) is 10.9 Å². The maximum Gasteiger partial charge on any atom is 0.260 e. The highest BCUT2D eigenvalue weighted by Gasteiger charge is 2.19. The third kappa shape index (κ3) is 0.953. The van der Waals surface area contributed by atoms with Crippen LogP contribution in [0, 0.1) is 17.0 Å². The van der Waals surface area contributed by atoms with Crippen LogP contribution < -0.4 is 0 Å². The van der Waals surface area contributed by atoms with E-state index in [9.17, 15) is 15.2 Å². The molecule has 0 atom stereocenters. The molecule has 0 saturated carbocycles. The van der Waals surface area contributed by atoms with Gasteiger partial charge in [-0.3, -0.25) is 0 Å². The molecule has 0 unspecified atom stereocenters. The summed E-state index contributed by atoms with van der Waals surface area (Å²) in [6.07, 6.45) is 0. The lowest BCUT2D eigenvalue weighted by molar-refractivity contribution is -0.539. The van der Waals surface area contributed by atoms with Gasteiger partial charge in [0.25, 0.3) is 5.88 Å². The normalized spacial score (nSPS) is 10.6. The molecule has 0 aliphatic rings. The monoisotopic (exact) mass is 192 g/mol. The van der Waals surface area contributed by atoms with Crippen LogP contribution in [0.5, 0.6) is 5.88 Å². The zero-order valence-corrected chi connectivity index (χ0v) is 7.47. The molecule has 1 heterocycles. The molecule has 1 N–H and O–H groups in total. The molecule has 2 aromatic rings. The van der Waals surface area contributed by atoms with Gasteiger partial charge in [-0.1, -0.05) is 18.2 Å². The smallest absolute Gasteiger partial charge is 0.260 e. The predicted octanol–water partition coefficient (Wildman–Crippen LogP) is 1.70. The molecular formula is C9H8N2O3. The first-order valence-corrected chi connectivity index (χ1v) is 4.06. The fraction of sp³-hybridized carbons (Fsp3) is 0.111. The maximum absolute atomic E-state index is 10.7. The second-order valence-corrected chi connectivity index (χ2v) is 3.02. The lowest BCUT2D eigenvalue weighted by Gasteiger charge is -1.93. The molecule has 0 aliphatic heterocycles. The number of nitro groups is 1. The van der Waals surface area contributed by atoms with Gasteiger partial charge in [-0.05, 0) is 17.7 Å². The van der Waals surface area contributed by atoms with Crippen LogP contribution in [0.4, 0.5) is 0 Å². The van der Waals surface area contributed by atoms with Crippen molar-refractivity contribution in [2.45, 2.75) is 6.92 Å². The second kappa shape index (κ2) is 2.73. The molecule has 0 radical (unpaired) electrons. The molecule has 5 heteroatoms. The van der Waals surface area contributed by atoms with E-state index in [-0.39, 0.29) is 5.88 Å². The Balaban J connectivity index is 2.95. The van der Waals surface area contributed by atoms with Crippen LogP contribution in [-0.2, 0) is 0 Å². The lowest BCUT2D eigenvalue weighted by Crippen LogP contribution is -2.06. The molecule has 1 aromatic heterocycles. The molecule has 0 bridgehead atoms. The lowest BCUT2D eigenvalue weighted by atomic mass is 10.2. The van der Waals surface area contributed by atoms with Crippen LogP contribution in [0.1, 0.15) is 5.56 Å². The first kappa shape index (κ1) is 8.55. The van der Waals surface area contributed by atoms with Crippen molar-refractivity contribution in [1.29, 1.82) is 0 Å². The van der Waals surface area contributed by atoms with Gasteiger partial charge in [-0.25, -0.2) is 10.1 Å². The molecule has 0 fully saturated rings. The summed E-state index contributed by atoms with van der Waals surface area (Å²) < 4.78 is 0.685. The number of nitrogens with zero attached hydrogens (tertiary/aromatic N) is 2. The Morgan fingerprint density at radius 1 is 1.43 bits per heavy atom. The number of hydrogen-bond donors (Lipinski definition) is 1. The Morgan fingerprint density at radius 2 is 2.07 bits per heavy atom. The van der Waals surface area contributed by atoms with Crippen molar-refractivity contribution in [3.8, 4) is 5.88 Å². The topological polar surface area (TPSA) is 68.3 Å². The van der Waals surface area contributed by atoms with Crippen molar-refractivity contribution in [2.24, 2.45) is 0 Å². The Hall–Kier alpha value is -2.04. The van der Waals surface area contributed by atoms with Gasteiger partial charge in [-0.15, -0.1) is 0 Å². The summed E-state index contributed by atoms with van der Waals surface area (Å²) in [4.78, 5) is 10.7. The summed E-state index contributed by atoms with van der Waals surface area (Å²) in [6, 6.07) is 6.81. The second-order valence-electron chi connectivity index (χ2n) is 3.02. The predicted molar refractivity (Wildman–Crippen MR) is 50.7 cm³/mol. The largest absolute Gasteiger partial charge is 0.490 e. The van der Waals surface area contributed by atoms with Crippen LogP contribution in [0.2, 0.25) is 0 Å². The summed E-state index contributed by atoms with van der Waals surface area (Å²) >= 11 is 0. The fourth-order valence-electron chi connectivity index (χ4n) is 1.53. The number of aryl methyl sites for hydroxylation is 1. The maximum atomic E-state index is 10.7. The fourth-order valence-corrected chi connectivity index (χ4v) is 1.53. The molecule has 0 saturated heterocycles. The number of aromatic hydroxyl groups is 1. The number of aromatic nitrogens is 1. The van der Waals surface area contributed by atoms with Gasteiger partial charge >= 0.3 is 0 Å². The highest BCUT2D eigenvalue weighted by molar-refractivity contribution is 5.85. The Kier molecular flexibility index (Phi) is 1.67. The van der Waals surface area contributed by atoms with Gasteiger partial charge in [0, 0.05) is 10.9 Å². The minimum absolute atomic E-state index is 0.309. The number of para-hydroxylation sites is 1. The van der Waals surface area contributed by atoms with E-state index >= 15 is 0 Å². The van der Waals surface area contributed by atoms with Gasteiger partial charge in [0.05, 0.1) is 0 Å². The number of rotatable bonds is 1.